The van der Waals surface area contributed by atoms with E-state index < -0.39 is 0 Å². The summed E-state index contributed by atoms with van der Waals surface area (Å²) in [5, 5.41) is 2.74. The average Bonchev–Trinajstić information content (AvgIpc) is 2.36. The summed E-state index contributed by atoms with van der Waals surface area (Å²) in [6.45, 7) is 2.70. The Morgan fingerprint density at radius 1 is 1.37 bits per heavy atom. The molecule has 5 heteroatoms. The Morgan fingerprint density at radius 3 is 2.74 bits per heavy atom. The number of carbonyl (C=O) groups excluding carboxylic acids is 2. The summed E-state index contributed by atoms with van der Waals surface area (Å²) in [6, 6.07) is 7.20. The maximum Gasteiger partial charge on any atom is 0.239 e. The fourth-order valence-corrected chi connectivity index (χ4v) is 1.64. The van der Waals surface area contributed by atoms with Crippen molar-refractivity contribution in [2.45, 2.75) is 19.8 Å². The maximum atomic E-state index is 11.9. The van der Waals surface area contributed by atoms with E-state index in [1.54, 1.807) is 19.2 Å². The molecule has 0 fully saturated rings. The predicted octanol–water partition coefficient (Wildman–Crippen LogP) is 0.796. The number of nitrogens with zero attached hydrogens (tertiary/aromatic N) is 1. The highest BCUT2D eigenvalue weighted by Crippen LogP contribution is 2.08. The first-order valence-electron chi connectivity index (χ1n) is 6.38. The van der Waals surface area contributed by atoms with Crippen molar-refractivity contribution < 1.29 is 9.59 Å². The number of nitrogens with two attached hydrogens (primary N) is 1. The van der Waals surface area contributed by atoms with Crippen LogP contribution < -0.4 is 11.1 Å². The van der Waals surface area contributed by atoms with Crippen LogP contribution in [0.5, 0.6) is 0 Å². The second kappa shape index (κ2) is 7.41. The molecule has 3 N–H and O–H groups in total. The normalized spacial score (nSPS) is 10.0. The van der Waals surface area contributed by atoms with Crippen molar-refractivity contribution >= 4 is 17.5 Å². The van der Waals surface area contributed by atoms with Gasteiger partial charge in [0.2, 0.25) is 11.8 Å². The molecule has 104 valence electrons. The lowest BCUT2D eigenvalue weighted by Gasteiger charge is -2.16. The van der Waals surface area contributed by atoms with Crippen LogP contribution in [-0.2, 0) is 16.0 Å². The summed E-state index contributed by atoms with van der Waals surface area (Å²) >= 11 is 0. The first kappa shape index (κ1) is 15.0. The number of hydrogen-bond acceptors (Lipinski definition) is 3. The minimum atomic E-state index is -0.134. The van der Waals surface area contributed by atoms with Crippen LogP contribution in [0.15, 0.2) is 24.3 Å². The van der Waals surface area contributed by atoms with Gasteiger partial charge in [-0.2, -0.15) is 0 Å². The van der Waals surface area contributed by atoms with E-state index in [0.29, 0.717) is 12.2 Å². The number of nitrogen functional groups attached to an aromatic ring is 1. The molecule has 0 aliphatic heterocycles. The van der Waals surface area contributed by atoms with Crippen LogP contribution in [0.25, 0.3) is 0 Å². The molecule has 0 spiro atoms. The zero-order valence-electron chi connectivity index (χ0n) is 11.5. The minimum Gasteiger partial charge on any atom is -0.399 e. The summed E-state index contributed by atoms with van der Waals surface area (Å²) in [5.41, 5.74) is 7.14. The van der Waals surface area contributed by atoms with E-state index in [2.05, 4.69) is 5.32 Å². The third kappa shape index (κ3) is 5.42. The highest BCUT2D eigenvalue weighted by atomic mass is 16.2. The van der Waals surface area contributed by atoms with Gasteiger partial charge in [0.05, 0.1) is 13.0 Å². The SMILES string of the molecule is CCCNC(=O)CN(C)C(=O)Cc1cccc(N)c1. The van der Waals surface area contributed by atoms with E-state index >= 15 is 0 Å². The second-order valence-electron chi connectivity index (χ2n) is 4.52. The average molecular weight is 263 g/mol. The summed E-state index contributed by atoms with van der Waals surface area (Å²) in [6.07, 6.45) is 1.13. The van der Waals surface area contributed by atoms with Crippen LogP contribution in [0, 0.1) is 0 Å². The molecule has 0 atom stereocenters. The summed E-state index contributed by atoms with van der Waals surface area (Å²) in [7, 11) is 1.63. The lowest BCUT2D eigenvalue weighted by Crippen LogP contribution is -2.39. The van der Waals surface area contributed by atoms with Crippen LogP contribution in [0.4, 0.5) is 5.69 Å². The summed E-state index contributed by atoms with van der Waals surface area (Å²) in [5.74, 6) is -0.234. The third-order valence-corrected chi connectivity index (χ3v) is 2.69. The van der Waals surface area contributed by atoms with Gasteiger partial charge in [-0.1, -0.05) is 19.1 Å². The molecular formula is C14H21N3O2. The molecule has 0 aromatic heterocycles. The van der Waals surface area contributed by atoms with E-state index in [-0.39, 0.29) is 24.8 Å². The van der Waals surface area contributed by atoms with Crippen LogP contribution >= 0.6 is 0 Å². The Bertz CT molecular complexity index is 446. The van der Waals surface area contributed by atoms with Gasteiger partial charge in [-0.3, -0.25) is 9.59 Å². The van der Waals surface area contributed by atoms with Crippen LogP contribution in [-0.4, -0.2) is 36.9 Å². The Kier molecular flexibility index (Phi) is 5.85. The number of carbonyl (C=O) groups is 2. The Balaban J connectivity index is 2.46. The third-order valence-electron chi connectivity index (χ3n) is 2.69. The largest absolute Gasteiger partial charge is 0.399 e. The maximum absolute atomic E-state index is 11.9. The smallest absolute Gasteiger partial charge is 0.239 e. The topological polar surface area (TPSA) is 75.4 Å². The van der Waals surface area contributed by atoms with Crippen LogP contribution in [0.2, 0.25) is 0 Å². The van der Waals surface area contributed by atoms with Crippen molar-refractivity contribution in [3.8, 4) is 0 Å². The van der Waals surface area contributed by atoms with E-state index in [1.807, 2.05) is 19.1 Å². The molecular weight excluding hydrogens is 242 g/mol. The molecule has 0 heterocycles. The lowest BCUT2D eigenvalue weighted by molar-refractivity contribution is -0.134. The van der Waals surface area contributed by atoms with Gasteiger partial charge >= 0.3 is 0 Å². The fraction of sp³-hybridized carbons (Fsp3) is 0.429. The molecule has 0 saturated heterocycles. The number of rotatable bonds is 6. The number of benzene rings is 1. The molecule has 1 aromatic carbocycles. The molecule has 5 nitrogen and oxygen atoms in total. The first-order valence-corrected chi connectivity index (χ1v) is 6.38. The van der Waals surface area contributed by atoms with Gasteiger partial charge in [-0.15, -0.1) is 0 Å². The lowest BCUT2D eigenvalue weighted by atomic mass is 10.1. The van der Waals surface area contributed by atoms with Crippen molar-refractivity contribution in [1.82, 2.24) is 10.2 Å². The number of anilines is 1. The number of likely N-dealkylation sites (N-methyl/N-ethyl adjacent to an activating group) is 1. The van der Waals surface area contributed by atoms with Gasteiger partial charge < -0.3 is 16.0 Å². The molecule has 1 aromatic rings. The van der Waals surface area contributed by atoms with Crippen LogP contribution in [0.3, 0.4) is 0 Å². The van der Waals surface area contributed by atoms with Gasteiger partial charge in [0, 0.05) is 19.3 Å². The fourth-order valence-electron chi connectivity index (χ4n) is 1.64. The van der Waals surface area contributed by atoms with Crippen molar-refractivity contribution in [2.75, 3.05) is 25.9 Å². The molecule has 0 bridgehead atoms. The molecule has 0 radical (unpaired) electrons. The zero-order valence-corrected chi connectivity index (χ0v) is 11.5. The minimum absolute atomic E-state index is 0.0845. The molecule has 19 heavy (non-hydrogen) atoms. The standard InChI is InChI=1S/C14H21N3O2/c1-3-7-16-13(18)10-17(2)14(19)9-11-5-4-6-12(15)8-11/h4-6,8H,3,7,9-10,15H2,1-2H3,(H,16,18). The second-order valence-corrected chi connectivity index (χ2v) is 4.52. The summed E-state index contributed by atoms with van der Waals surface area (Å²) in [4.78, 5) is 24.9. The Morgan fingerprint density at radius 2 is 2.11 bits per heavy atom. The van der Waals surface area contributed by atoms with Crippen molar-refractivity contribution in [1.29, 1.82) is 0 Å². The van der Waals surface area contributed by atoms with E-state index in [4.69, 9.17) is 5.73 Å². The van der Waals surface area contributed by atoms with Gasteiger partial charge in [-0.25, -0.2) is 0 Å². The number of amides is 2. The molecule has 1 rings (SSSR count). The van der Waals surface area contributed by atoms with Crippen LogP contribution in [0.1, 0.15) is 18.9 Å². The van der Waals surface area contributed by atoms with Crippen molar-refractivity contribution in [2.24, 2.45) is 0 Å². The monoisotopic (exact) mass is 263 g/mol. The molecule has 0 saturated carbocycles. The van der Waals surface area contributed by atoms with E-state index in [1.165, 1.54) is 4.90 Å². The van der Waals surface area contributed by atoms with Gasteiger partial charge in [0.25, 0.3) is 0 Å². The Hall–Kier alpha value is -2.04. The molecule has 0 aliphatic rings. The quantitative estimate of drug-likeness (QED) is 0.745. The van der Waals surface area contributed by atoms with E-state index in [9.17, 15) is 9.59 Å². The van der Waals surface area contributed by atoms with Crippen molar-refractivity contribution in [3.05, 3.63) is 29.8 Å². The van der Waals surface area contributed by atoms with Gasteiger partial charge in [0.15, 0.2) is 0 Å². The van der Waals surface area contributed by atoms with E-state index in [0.717, 1.165) is 12.0 Å². The van der Waals surface area contributed by atoms with Gasteiger partial charge in [-0.05, 0) is 24.1 Å². The number of hydrogen-bond donors (Lipinski definition) is 2. The predicted molar refractivity (Wildman–Crippen MR) is 75.5 cm³/mol. The number of nitrogens with one attached hydrogen (secondary N) is 1. The highest BCUT2D eigenvalue weighted by molar-refractivity contribution is 5.85. The molecule has 2 amide bonds. The first-order chi connectivity index (χ1) is 9.02. The van der Waals surface area contributed by atoms with Gasteiger partial charge in [0.1, 0.15) is 0 Å². The van der Waals surface area contributed by atoms with Crippen molar-refractivity contribution in [3.63, 3.8) is 0 Å². The highest BCUT2D eigenvalue weighted by Gasteiger charge is 2.13. The summed E-state index contributed by atoms with van der Waals surface area (Å²) < 4.78 is 0. The molecule has 0 aliphatic carbocycles. The molecule has 0 unspecified atom stereocenters. The Labute approximate surface area is 113 Å². The zero-order chi connectivity index (χ0) is 14.3.